The molecule has 1 fully saturated rings. The van der Waals surface area contributed by atoms with Crippen molar-refractivity contribution in [2.24, 2.45) is 0 Å². The van der Waals surface area contributed by atoms with Gasteiger partial charge in [-0.15, -0.1) is 0 Å². The number of carbonyl (C=O) groups is 1. The number of hydrogen-bond donors (Lipinski definition) is 0. The largest absolute Gasteiger partial charge is 0.444 e. The summed E-state index contributed by atoms with van der Waals surface area (Å²) in [6.07, 6.45) is 6.76. The van der Waals surface area contributed by atoms with Crippen LogP contribution in [-0.4, -0.2) is 66.2 Å². The molecule has 1 saturated heterocycles. The highest BCUT2D eigenvalue weighted by Crippen LogP contribution is 2.38. The third-order valence-corrected chi connectivity index (χ3v) is 7.00. The summed E-state index contributed by atoms with van der Waals surface area (Å²) in [6, 6.07) is -0.0219. The van der Waals surface area contributed by atoms with Gasteiger partial charge in [-0.2, -0.15) is 0 Å². The molecule has 0 radical (unpaired) electrons. The molecule has 0 spiro atoms. The van der Waals surface area contributed by atoms with Crippen LogP contribution >= 0.6 is 30.3 Å². The molecule has 1 atom stereocenters. The van der Waals surface area contributed by atoms with Crippen LogP contribution in [0.3, 0.4) is 0 Å². The summed E-state index contributed by atoms with van der Waals surface area (Å²) in [4.78, 5) is 34.9. The van der Waals surface area contributed by atoms with Crippen molar-refractivity contribution >= 4 is 53.3 Å². The molecule has 1 unspecified atom stereocenters. The van der Waals surface area contributed by atoms with Gasteiger partial charge in [-0.1, -0.05) is 13.8 Å². The minimum atomic E-state index is -0.518. The fourth-order valence-corrected chi connectivity index (χ4v) is 5.15. The average Bonchev–Trinajstić information content (AvgIpc) is 3.18. The summed E-state index contributed by atoms with van der Waals surface area (Å²) in [5.41, 5.74) is 2.93. The molecule has 11 heteroatoms. The molecule has 4 heterocycles. The first-order valence-electron chi connectivity index (χ1n) is 11.4. The van der Waals surface area contributed by atoms with Crippen LogP contribution in [0.15, 0.2) is 24.9 Å². The third kappa shape index (κ3) is 5.56. The maximum Gasteiger partial charge on any atom is 0.410 e. The van der Waals surface area contributed by atoms with Crippen LogP contribution in [0.1, 0.15) is 47.2 Å². The maximum atomic E-state index is 12.6. The number of halogens is 1. The van der Waals surface area contributed by atoms with Crippen LogP contribution in [0.4, 0.5) is 10.6 Å². The topological polar surface area (TPSA) is 89.3 Å². The predicted molar refractivity (Wildman–Crippen MR) is 146 cm³/mol. The van der Waals surface area contributed by atoms with Gasteiger partial charge in [0.05, 0.1) is 16.8 Å². The maximum absolute atomic E-state index is 12.6. The Morgan fingerprint density at radius 2 is 1.85 bits per heavy atom. The number of fused-ring (bicyclic) bond motifs is 1. The number of carbonyl (C=O) groups excluding carboxylic acids is 1. The Labute approximate surface area is 217 Å². The van der Waals surface area contributed by atoms with Gasteiger partial charge in [-0.25, -0.2) is 14.8 Å². The summed E-state index contributed by atoms with van der Waals surface area (Å²) in [5, 5.41) is 0.943. The Morgan fingerprint density at radius 3 is 2.47 bits per heavy atom. The minimum Gasteiger partial charge on any atom is -0.444 e. The molecule has 1 aliphatic rings. The Hall–Kier alpha value is -2.15. The first kappa shape index (κ1) is 26.5. The van der Waals surface area contributed by atoms with Crippen molar-refractivity contribution in [1.82, 2.24) is 28.8 Å². The second-order valence-corrected chi connectivity index (χ2v) is 10.5. The van der Waals surface area contributed by atoms with E-state index in [-0.39, 0.29) is 12.1 Å². The number of aromatic nitrogens is 5. The fourth-order valence-electron chi connectivity index (χ4n) is 3.90. The second kappa shape index (κ2) is 11.1. The monoisotopic (exact) mass is 597 g/mol. The highest BCUT2D eigenvalue weighted by atomic mass is 127. The van der Waals surface area contributed by atoms with E-state index in [1.807, 2.05) is 58.6 Å². The molecule has 9 nitrogen and oxygen atoms in total. The van der Waals surface area contributed by atoms with Gasteiger partial charge >= 0.3 is 6.09 Å². The first-order chi connectivity index (χ1) is 16.2. The summed E-state index contributed by atoms with van der Waals surface area (Å²) >= 11 is 2.24. The molecule has 1 amide bonds. The Bertz CT molecular complexity index is 1150. The fraction of sp³-hybridized carbons (Fsp3) is 0.522. The first-order valence-corrected chi connectivity index (χ1v) is 14.7. The highest BCUT2D eigenvalue weighted by Gasteiger charge is 2.32. The molecule has 3 aromatic rings. The van der Waals surface area contributed by atoms with Crippen molar-refractivity contribution < 1.29 is 9.53 Å². The van der Waals surface area contributed by atoms with Crippen LogP contribution in [0, 0.1) is 6.92 Å². The van der Waals surface area contributed by atoms with Crippen molar-refractivity contribution in [3.05, 3.63) is 30.6 Å². The number of ether oxygens (including phenoxy) is 1. The van der Waals surface area contributed by atoms with E-state index < -0.39 is 5.60 Å². The smallest absolute Gasteiger partial charge is 0.410 e. The van der Waals surface area contributed by atoms with Crippen molar-refractivity contribution in [2.75, 3.05) is 24.5 Å². The van der Waals surface area contributed by atoms with E-state index in [0.29, 0.717) is 19.6 Å². The summed E-state index contributed by atoms with van der Waals surface area (Å²) < 4.78 is 7.61. The lowest BCUT2D eigenvalue weighted by atomic mass is 10.1. The number of hydrogen-bond acceptors (Lipinski definition) is 8. The molecule has 0 aliphatic carbocycles. The molecule has 4 rings (SSSR count). The van der Waals surface area contributed by atoms with Gasteiger partial charge in [-0.05, 0) is 34.6 Å². The van der Waals surface area contributed by atoms with Gasteiger partial charge in [0, 0.05) is 80.2 Å². The molecular weight excluding hydrogens is 565 g/mol. The molecule has 0 N–H and O–H groups in total. The van der Waals surface area contributed by atoms with Crippen LogP contribution < -0.4 is 4.90 Å². The van der Waals surface area contributed by atoms with Gasteiger partial charge in [-0.3, -0.25) is 13.9 Å². The van der Waals surface area contributed by atoms with Gasteiger partial charge in [0.25, 0.3) is 0 Å². The van der Waals surface area contributed by atoms with E-state index in [9.17, 15) is 4.79 Å². The Morgan fingerprint density at radius 1 is 1.15 bits per heavy atom. The number of rotatable bonds is 3. The van der Waals surface area contributed by atoms with E-state index in [0.717, 1.165) is 33.8 Å². The van der Waals surface area contributed by atoms with Crippen LogP contribution in [0.25, 0.3) is 22.3 Å². The standard InChI is InChI=1S/C21H26IN7O2S.C2H6/c1-13-10-27(8-9-28(13)20(30)31-21(3,4)5)18-16-15(17-14(2)23-6-7-24-17)11-29(32-22)19(16)26-12-25-18;1-2/h6-7,11-13H,8-10H2,1-5H3;1-2H3. The third-order valence-electron chi connectivity index (χ3n) is 5.30. The predicted octanol–water partition coefficient (Wildman–Crippen LogP) is 5.51. The number of amides is 1. The summed E-state index contributed by atoms with van der Waals surface area (Å²) in [6.45, 7) is 15.5. The number of anilines is 1. The number of nitrogens with zero attached hydrogens (tertiary/aromatic N) is 7. The van der Waals surface area contributed by atoms with Gasteiger partial charge < -0.3 is 14.5 Å². The normalized spacial score (nSPS) is 16.3. The lowest BCUT2D eigenvalue weighted by Crippen LogP contribution is -2.55. The van der Waals surface area contributed by atoms with E-state index >= 15 is 0 Å². The quantitative estimate of drug-likeness (QED) is 0.365. The van der Waals surface area contributed by atoms with Crippen LogP contribution in [0.2, 0.25) is 0 Å². The number of piperazine rings is 1. The second-order valence-electron chi connectivity index (χ2n) is 8.79. The van der Waals surface area contributed by atoms with Gasteiger partial charge in [0.15, 0.2) is 5.65 Å². The average molecular weight is 598 g/mol. The van der Waals surface area contributed by atoms with Crippen molar-refractivity contribution in [1.29, 1.82) is 0 Å². The van der Waals surface area contributed by atoms with Crippen molar-refractivity contribution in [2.45, 2.75) is 60.1 Å². The zero-order valence-corrected chi connectivity index (χ0v) is 23.7. The molecular formula is C23H32IN7O2S. The molecule has 0 aromatic carbocycles. The van der Waals surface area contributed by atoms with Crippen LogP contribution in [0.5, 0.6) is 0 Å². The molecule has 0 saturated carbocycles. The van der Waals surface area contributed by atoms with Crippen molar-refractivity contribution in [3.8, 4) is 11.3 Å². The highest BCUT2D eigenvalue weighted by molar-refractivity contribution is 14.2. The van der Waals surface area contributed by atoms with E-state index in [1.54, 1.807) is 32.7 Å². The van der Waals surface area contributed by atoms with Crippen LogP contribution in [-0.2, 0) is 4.74 Å². The van der Waals surface area contributed by atoms with Gasteiger partial charge in [0.1, 0.15) is 17.7 Å². The van der Waals surface area contributed by atoms with E-state index in [2.05, 4.69) is 46.0 Å². The summed E-state index contributed by atoms with van der Waals surface area (Å²) in [7, 11) is 1.55. The molecule has 0 bridgehead atoms. The molecule has 1 aliphatic heterocycles. The Balaban J connectivity index is 0.00000158. The Kier molecular flexibility index (Phi) is 8.61. The lowest BCUT2D eigenvalue weighted by Gasteiger charge is -2.40. The molecule has 184 valence electrons. The van der Waals surface area contributed by atoms with E-state index in [4.69, 9.17) is 4.74 Å². The molecule has 34 heavy (non-hydrogen) atoms. The zero-order valence-electron chi connectivity index (χ0n) is 20.7. The van der Waals surface area contributed by atoms with E-state index in [1.165, 1.54) is 0 Å². The lowest BCUT2D eigenvalue weighted by molar-refractivity contribution is 0.0159. The SMILES string of the molecule is CC.Cc1nccnc1-c1cn(SI)c2ncnc(N3CCN(C(=O)OC(C)(C)C)C(C)C3)c12. The zero-order chi connectivity index (χ0) is 25.0. The summed E-state index contributed by atoms with van der Waals surface area (Å²) in [5.74, 6) is 0.843. The molecule has 3 aromatic heterocycles. The minimum absolute atomic E-state index is 0.0219. The van der Waals surface area contributed by atoms with Crippen molar-refractivity contribution in [3.63, 3.8) is 0 Å². The number of aryl methyl sites for hydroxylation is 1. The van der Waals surface area contributed by atoms with Gasteiger partial charge in [0.2, 0.25) is 0 Å².